The van der Waals surface area contributed by atoms with Crippen LogP contribution in [0.3, 0.4) is 0 Å². The number of para-hydroxylation sites is 1. The van der Waals surface area contributed by atoms with Crippen LogP contribution in [0.15, 0.2) is 52.6 Å². The van der Waals surface area contributed by atoms with Crippen molar-refractivity contribution >= 4 is 81.6 Å². The number of nitrogens with zero attached hydrogens (tertiary/aromatic N) is 2. The highest BCUT2D eigenvalue weighted by Gasteiger charge is 2.36. The van der Waals surface area contributed by atoms with Crippen molar-refractivity contribution in [2.24, 2.45) is 50.5 Å². The summed E-state index contributed by atoms with van der Waals surface area (Å²) < 4.78 is 43.7. The summed E-state index contributed by atoms with van der Waals surface area (Å²) in [4.78, 5) is 148. The molecule has 0 aliphatic carbocycles. The number of halogens is 3. The van der Waals surface area contributed by atoms with Crippen LogP contribution in [0.1, 0.15) is 108 Å². The number of aliphatic carboxylic acids is 1. The maximum absolute atomic E-state index is 14.7. The number of fused-ring (bicyclic) bond motifs is 1. The van der Waals surface area contributed by atoms with Crippen LogP contribution in [-0.4, -0.2) is 124 Å². The highest BCUT2D eigenvalue weighted by Crippen LogP contribution is 2.27. The van der Waals surface area contributed by atoms with Gasteiger partial charge in [-0.1, -0.05) is 24.6 Å². The number of Topliss-reactive ketones (excluding diaryl/α,β-unsaturated/α-hetero) is 3. The van der Waals surface area contributed by atoms with Crippen LogP contribution in [0.4, 0.5) is 13.2 Å². The summed E-state index contributed by atoms with van der Waals surface area (Å²) >= 11 is 0. The van der Waals surface area contributed by atoms with E-state index >= 15 is 0 Å². The molecule has 79 heavy (non-hydrogen) atoms. The molecule has 6 amide bonds. The van der Waals surface area contributed by atoms with Gasteiger partial charge < -0.3 is 65.3 Å². The first-order valence-electron chi connectivity index (χ1n) is 25.8. The molecular weight excluding hydrogens is 1040 g/mol. The zero-order chi connectivity index (χ0) is 58.3. The smallest absolute Gasteiger partial charge is 0.326 e. The minimum Gasteiger partial charge on any atom is -0.480 e. The molecule has 1 aliphatic heterocycles. The number of aromatic amines is 1. The van der Waals surface area contributed by atoms with Gasteiger partial charge in [-0.05, 0) is 93.5 Å². The monoisotopic (exact) mass is 1110 g/mol. The fraction of sp³-hybridized carbons (Fsp3) is 0.500. The zero-order valence-electron chi connectivity index (χ0n) is 43.8. The number of ketones is 3. The molecule has 0 unspecified atom stereocenters. The van der Waals surface area contributed by atoms with Gasteiger partial charge in [0.25, 0.3) is 0 Å². The van der Waals surface area contributed by atoms with Gasteiger partial charge in [-0.25, -0.2) is 18.0 Å². The number of hydrogen-bond acceptors (Lipinski definition) is 12. The standard InChI is InChI=1S/C52H70F3N13O11/c1-27(69)64-37(13-7-19-62-52(59)60)47(75)65-38-15-14-32(70)9-2-4-12-40(50(78)79)67-46(74)30(23-31-26-63-36-11-5-3-10-33(31)36)25-42(71)29(8-6-18-61-51(57)58)24-43(72)41(22-28-20-34(53)45(55)35(54)21-28)68-49(77)39(66-48(38)76)16-17-44(56)73/h3,5,10-11,20-21,26,29-30,37-41,63H,2,4,6-9,12-19,22-25H2,1H3,(H2,56,73)(H,64,69)(H,65,75)(H,66,76)(H,67,74)(H,68,77)(H,78,79)(H4,57,58,61)(H4,59,60,62)/t29-,30-,37+,38+,39+,40+,41-/m1/s1. The topological polar surface area (TPSA) is 422 Å². The lowest BCUT2D eigenvalue weighted by molar-refractivity contribution is -0.143. The van der Waals surface area contributed by atoms with E-state index in [0.717, 1.165) is 6.92 Å². The van der Waals surface area contributed by atoms with Crippen molar-refractivity contribution in [3.8, 4) is 0 Å². The Bertz CT molecular complexity index is 2740. The van der Waals surface area contributed by atoms with Gasteiger partial charge in [-0.3, -0.25) is 53.1 Å². The number of rotatable bonds is 19. The summed E-state index contributed by atoms with van der Waals surface area (Å²) in [6, 6.07) is 0.286. The Morgan fingerprint density at radius 2 is 1.39 bits per heavy atom. The summed E-state index contributed by atoms with van der Waals surface area (Å²) in [6.07, 6.45) is -2.31. The van der Waals surface area contributed by atoms with Crippen molar-refractivity contribution in [2.75, 3.05) is 13.1 Å². The lowest BCUT2D eigenvalue weighted by Crippen LogP contribution is -2.58. The SMILES string of the molecule is CC(=O)N[C@@H](CCCN=C(N)N)C(=O)N[C@H]1CCC(=O)CCCC[C@@H](C(=O)O)NC(=O)[C@H](Cc2c[nH]c3ccccc23)CC(=O)[C@H](CCCN=C(N)N)CC(=O)[C@@H](Cc2cc(F)c(F)c(F)c2)NC(=O)[C@H](CCC(N)=O)NC1=O. The van der Waals surface area contributed by atoms with Crippen molar-refractivity contribution in [3.05, 3.63) is 71.2 Å². The van der Waals surface area contributed by atoms with E-state index in [1.807, 2.05) is 0 Å². The van der Waals surface area contributed by atoms with Gasteiger partial charge >= 0.3 is 5.97 Å². The molecule has 24 nitrogen and oxygen atoms in total. The number of aliphatic imine (C=N–C) groups is 2. The predicted octanol–water partition coefficient (Wildman–Crippen LogP) is 0.346. The van der Waals surface area contributed by atoms with E-state index in [1.54, 1.807) is 30.5 Å². The molecule has 2 aromatic carbocycles. The maximum Gasteiger partial charge on any atom is 0.326 e. The van der Waals surface area contributed by atoms with Crippen LogP contribution in [-0.2, 0) is 60.8 Å². The Morgan fingerprint density at radius 3 is 2.04 bits per heavy atom. The molecule has 4 rings (SSSR count). The Kier molecular flexibility index (Phi) is 24.9. The molecule has 1 aromatic heterocycles. The van der Waals surface area contributed by atoms with Gasteiger partial charge in [0.05, 0.1) is 6.04 Å². The van der Waals surface area contributed by atoms with E-state index in [4.69, 9.17) is 28.7 Å². The van der Waals surface area contributed by atoms with Crippen LogP contribution in [0.25, 0.3) is 10.9 Å². The molecule has 7 atom stereocenters. The molecule has 17 N–H and O–H groups in total. The molecule has 0 bridgehead atoms. The van der Waals surface area contributed by atoms with E-state index in [-0.39, 0.29) is 94.8 Å². The molecule has 1 aliphatic rings. The third-order valence-electron chi connectivity index (χ3n) is 13.2. The molecule has 430 valence electrons. The number of nitrogens with one attached hydrogen (secondary N) is 6. The van der Waals surface area contributed by atoms with E-state index < -0.39 is 157 Å². The van der Waals surface area contributed by atoms with E-state index in [0.29, 0.717) is 28.6 Å². The summed E-state index contributed by atoms with van der Waals surface area (Å²) in [6.45, 7) is 1.16. The van der Waals surface area contributed by atoms with Crippen LogP contribution in [0, 0.1) is 29.3 Å². The number of guanidine groups is 2. The Morgan fingerprint density at radius 1 is 0.747 bits per heavy atom. The number of amides is 6. The molecule has 1 saturated heterocycles. The van der Waals surface area contributed by atoms with Crippen LogP contribution >= 0.6 is 0 Å². The van der Waals surface area contributed by atoms with Gasteiger partial charge in [0, 0.05) is 81.1 Å². The van der Waals surface area contributed by atoms with Gasteiger partial charge in [0.15, 0.2) is 35.2 Å². The van der Waals surface area contributed by atoms with Gasteiger partial charge in [-0.2, -0.15) is 0 Å². The van der Waals surface area contributed by atoms with E-state index in [9.17, 15) is 66.2 Å². The average Bonchev–Trinajstić information content (AvgIpc) is 3.79. The predicted molar refractivity (Wildman–Crippen MR) is 282 cm³/mol. The molecule has 1 fully saturated rings. The Hall–Kier alpha value is -8.39. The molecule has 27 heteroatoms. The highest BCUT2D eigenvalue weighted by atomic mass is 19.2. The van der Waals surface area contributed by atoms with Crippen molar-refractivity contribution in [3.63, 3.8) is 0 Å². The van der Waals surface area contributed by atoms with Crippen molar-refractivity contribution in [1.82, 2.24) is 31.6 Å². The first kappa shape index (κ1) is 63.1. The third-order valence-corrected chi connectivity index (χ3v) is 13.2. The number of carboxylic acid groups (broad SMARTS) is 1. The molecular formula is C52H70F3N13O11. The Labute approximate surface area is 452 Å². The second-order valence-electron chi connectivity index (χ2n) is 19.4. The number of nitrogens with two attached hydrogens (primary N) is 5. The minimum atomic E-state index is -1.84. The van der Waals surface area contributed by atoms with Gasteiger partial charge in [0.2, 0.25) is 35.4 Å². The average molecular weight is 1110 g/mol. The van der Waals surface area contributed by atoms with E-state index in [2.05, 4.69) is 41.6 Å². The van der Waals surface area contributed by atoms with Crippen LogP contribution in [0.2, 0.25) is 0 Å². The van der Waals surface area contributed by atoms with Gasteiger partial charge in [-0.15, -0.1) is 0 Å². The zero-order valence-corrected chi connectivity index (χ0v) is 43.8. The molecule has 0 spiro atoms. The molecule has 0 radical (unpaired) electrons. The van der Waals surface area contributed by atoms with Crippen LogP contribution < -0.4 is 55.3 Å². The number of carboxylic acids is 1. The lowest BCUT2D eigenvalue weighted by atomic mass is 9.83. The fourth-order valence-corrected chi connectivity index (χ4v) is 9.05. The molecule has 0 saturated carbocycles. The molecule has 2 heterocycles. The quantitative estimate of drug-likeness (QED) is 0.0333. The number of hydrogen-bond donors (Lipinski definition) is 12. The Balaban J connectivity index is 1.83. The number of carbonyl (C=O) groups is 10. The van der Waals surface area contributed by atoms with E-state index in [1.165, 1.54) is 0 Å². The fourth-order valence-electron chi connectivity index (χ4n) is 9.05. The van der Waals surface area contributed by atoms with Crippen molar-refractivity contribution in [2.45, 2.75) is 140 Å². The summed E-state index contributed by atoms with van der Waals surface area (Å²) in [5.74, 6) is -17.2. The minimum absolute atomic E-state index is 0.0320. The first-order chi connectivity index (χ1) is 37.4. The van der Waals surface area contributed by atoms with Crippen molar-refractivity contribution < 1.29 is 66.2 Å². The normalized spacial score (nSPS) is 20.9. The summed E-state index contributed by atoms with van der Waals surface area (Å²) in [5, 5.41) is 23.4. The van der Waals surface area contributed by atoms with Crippen LogP contribution in [0.5, 0.6) is 0 Å². The maximum atomic E-state index is 14.7. The number of primary amides is 1. The number of carbonyl (C=O) groups excluding carboxylic acids is 9. The van der Waals surface area contributed by atoms with Crippen molar-refractivity contribution in [1.29, 1.82) is 0 Å². The largest absolute Gasteiger partial charge is 0.480 e. The lowest BCUT2D eigenvalue weighted by Gasteiger charge is -2.27. The highest BCUT2D eigenvalue weighted by molar-refractivity contribution is 5.98. The number of aromatic nitrogens is 1. The number of H-pyrrole nitrogens is 1. The first-order valence-corrected chi connectivity index (χ1v) is 25.8. The van der Waals surface area contributed by atoms with Gasteiger partial charge in [0.1, 0.15) is 35.7 Å². The molecule has 3 aromatic rings. The second-order valence-corrected chi connectivity index (χ2v) is 19.4. The summed E-state index contributed by atoms with van der Waals surface area (Å²) in [5.41, 5.74) is 28.3. The second kappa shape index (κ2) is 31.1. The summed E-state index contributed by atoms with van der Waals surface area (Å²) in [7, 11) is 0. The third kappa shape index (κ3) is 21.2. The number of benzene rings is 2.